The maximum Gasteiger partial charge on any atom is 0.336 e. The van der Waals surface area contributed by atoms with E-state index in [-0.39, 0.29) is 5.56 Å². The molecule has 1 aromatic carbocycles. The summed E-state index contributed by atoms with van der Waals surface area (Å²) in [6, 6.07) is 8.86. The third-order valence-corrected chi connectivity index (χ3v) is 3.98. The molecule has 0 aliphatic rings. The molecule has 106 valence electrons. The molecular formula is C16H12BrNO3. The van der Waals surface area contributed by atoms with Gasteiger partial charge in [-0.3, -0.25) is 0 Å². The van der Waals surface area contributed by atoms with Crippen molar-refractivity contribution in [1.82, 2.24) is 4.98 Å². The van der Waals surface area contributed by atoms with Crippen molar-refractivity contribution in [3.05, 3.63) is 51.9 Å². The molecule has 0 fully saturated rings. The second-order valence-electron chi connectivity index (χ2n) is 4.82. The molecule has 5 heteroatoms. The van der Waals surface area contributed by atoms with Crippen LogP contribution in [0.15, 0.2) is 39.2 Å². The van der Waals surface area contributed by atoms with E-state index in [9.17, 15) is 9.90 Å². The summed E-state index contributed by atoms with van der Waals surface area (Å²) < 4.78 is 6.28. The van der Waals surface area contributed by atoms with Gasteiger partial charge < -0.3 is 9.52 Å². The molecule has 0 aliphatic heterocycles. The predicted octanol–water partition coefficient (Wildman–Crippen LogP) is 4.57. The van der Waals surface area contributed by atoms with Crippen LogP contribution in [0.3, 0.4) is 0 Å². The number of nitrogens with zero attached hydrogens (tertiary/aromatic N) is 1. The fourth-order valence-electron chi connectivity index (χ4n) is 2.41. The topological polar surface area (TPSA) is 63.3 Å². The normalized spacial score (nSPS) is 11.0. The Kier molecular flexibility index (Phi) is 3.29. The van der Waals surface area contributed by atoms with E-state index >= 15 is 0 Å². The van der Waals surface area contributed by atoms with Crippen molar-refractivity contribution in [3.8, 4) is 11.3 Å². The standard InChI is InChI=1S/C16H12BrNO3/c1-8-6-11(9(2)21-8)14-7-12(16(19)20)10-4-3-5-13(17)15(10)18-14/h3-7H,1-2H3,(H,19,20). The molecule has 0 atom stereocenters. The predicted molar refractivity (Wildman–Crippen MR) is 83.6 cm³/mol. The zero-order valence-electron chi connectivity index (χ0n) is 11.5. The Morgan fingerprint density at radius 2 is 2.05 bits per heavy atom. The third kappa shape index (κ3) is 2.34. The fraction of sp³-hybridized carbons (Fsp3) is 0.125. The van der Waals surface area contributed by atoms with E-state index in [2.05, 4.69) is 20.9 Å². The number of halogens is 1. The smallest absolute Gasteiger partial charge is 0.336 e. The quantitative estimate of drug-likeness (QED) is 0.738. The van der Waals surface area contributed by atoms with Crippen molar-refractivity contribution >= 4 is 32.8 Å². The SMILES string of the molecule is Cc1cc(-c2cc(C(=O)O)c3cccc(Br)c3n2)c(C)o1. The maximum atomic E-state index is 11.5. The van der Waals surface area contributed by atoms with Crippen LogP contribution >= 0.6 is 15.9 Å². The molecule has 0 aliphatic carbocycles. The minimum atomic E-state index is -0.973. The fourth-order valence-corrected chi connectivity index (χ4v) is 2.87. The number of carbonyl (C=O) groups is 1. The van der Waals surface area contributed by atoms with Crippen LogP contribution in [0.2, 0.25) is 0 Å². The average Bonchev–Trinajstić information content (AvgIpc) is 2.77. The molecule has 0 bridgehead atoms. The number of carboxylic acid groups (broad SMARTS) is 1. The highest BCUT2D eigenvalue weighted by atomic mass is 79.9. The molecule has 2 heterocycles. The van der Waals surface area contributed by atoms with Crippen LogP contribution in [0.5, 0.6) is 0 Å². The van der Waals surface area contributed by atoms with Crippen molar-refractivity contribution < 1.29 is 14.3 Å². The van der Waals surface area contributed by atoms with Crippen LogP contribution in [0.25, 0.3) is 22.2 Å². The molecule has 0 radical (unpaired) electrons. The van der Waals surface area contributed by atoms with Crippen molar-refractivity contribution in [1.29, 1.82) is 0 Å². The summed E-state index contributed by atoms with van der Waals surface area (Å²) in [5, 5.41) is 10.1. The molecule has 1 N–H and O–H groups in total. The van der Waals surface area contributed by atoms with Crippen LogP contribution < -0.4 is 0 Å². The first-order valence-electron chi connectivity index (χ1n) is 6.37. The number of furan rings is 1. The van der Waals surface area contributed by atoms with Gasteiger partial charge in [0.15, 0.2) is 0 Å². The first-order chi connectivity index (χ1) is 9.97. The van der Waals surface area contributed by atoms with Gasteiger partial charge in [0.25, 0.3) is 0 Å². The Morgan fingerprint density at radius 3 is 2.67 bits per heavy atom. The number of aryl methyl sites for hydroxylation is 2. The maximum absolute atomic E-state index is 11.5. The van der Waals surface area contributed by atoms with Crippen LogP contribution in [0, 0.1) is 13.8 Å². The van der Waals surface area contributed by atoms with Gasteiger partial charge in [-0.05, 0) is 48.0 Å². The molecule has 0 saturated carbocycles. The third-order valence-electron chi connectivity index (χ3n) is 3.34. The Labute approximate surface area is 129 Å². The van der Waals surface area contributed by atoms with Gasteiger partial charge >= 0.3 is 5.97 Å². The Morgan fingerprint density at radius 1 is 1.29 bits per heavy atom. The second kappa shape index (κ2) is 5.00. The monoisotopic (exact) mass is 345 g/mol. The van der Waals surface area contributed by atoms with Crippen molar-refractivity contribution in [3.63, 3.8) is 0 Å². The first kappa shape index (κ1) is 13.8. The van der Waals surface area contributed by atoms with Gasteiger partial charge in [-0.25, -0.2) is 9.78 Å². The van der Waals surface area contributed by atoms with Crippen LogP contribution in [0.1, 0.15) is 21.9 Å². The zero-order chi connectivity index (χ0) is 15.1. The number of aromatic nitrogens is 1. The van der Waals surface area contributed by atoms with E-state index < -0.39 is 5.97 Å². The highest BCUT2D eigenvalue weighted by molar-refractivity contribution is 9.10. The number of para-hydroxylation sites is 1. The number of hydrogen-bond donors (Lipinski definition) is 1. The zero-order valence-corrected chi connectivity index (χ0v) is 13.1. The second-order valence-corrected chi connectivity index (χ2v) is 5.68. The molecule has 0 unspecified atom stereocenters. The molecular weight excluding hydrogens is 334 g/mol. The number of aromatic carboxylic acids is 1. The lowest BCUT2D eigenvalue weighted by Gasteiger charge is -2.07. The Bertz CT molecular complexity index is 867. The summed E-state index contributed by atoms with van der Waals surface area (Å²) in [4.78, 5) is 16.1. The molecule has 0 spiro atoms. The molecule has 0 amide bonds. The number of hydrogen-bond acceptors (Lipinski definition) is 3. The number of rotatable bonds is 2. The number of pyridine rings is 1. The van der Waals surface area contributed by atoms with Crippen molar-refractivity contribution in [2.75, 3.05) is 0 Å². The van der Waals surface area contributed by atoms with Crippen LogP contribution in [-0.4, -0.2) is 16.1 Å². The largest absolute Gasteiger partial charge is 0.478 e. The lowest BCUT2D eigenvalue weighted by Crippen LogP contribution is -2.00. The highest BCUT2D eigenvalue weighted by Crippen LogP contribution is 2.31. The lowest BCUT2D eigenvalue weighted by molar-refractivity contribution is 0.0699. The Hall–Kier alpha value is -2.14. The summed E-state index contributed by atoms with van der Waals surface area (Å²) in [5.41, 5.74) is 2.27. The van der Waals surface area contributed by atoms with Crippen LogP contribution in [-0.2, 0) is 0 Å². The summed E-state index contributed by atoms with van der Waals surface area (Å²) in [5.74, 6) is 0.524. The summed E-state index contributed by atoms with van der Waals surface area (Å²) in [6.45, 7) is 3.69. The molecule has 21 heavy (non-hydrogen) atoms. The molecule has 3 aromatic rings. The van der Waals surface area contributed by atoms with E-state index in [1.165, 1.54) is 0 Å². The van der Waals surface area contributed by atoms with E-state index in [0.717, 1.165) is 21.6 Å². The molecule has 3 rings (SSSR count). The molecule has 2 aromatic heterocycles. The van der Waals surface area contributed by atoms with E-state index in [0.29, 0.717) is 16.6 Å². The van der Waals surface area contributed by atoms with Gasteiger partial charge in [-0.15, -0.1) is 0 Å². The van der Waals surface area contributed by atoms with Gasteiger partial charge in [0.1, 0.15) is 11.5 Å². The summed E-state index contributed by atoms with van der Waals surface area (Å²) >= 11 is 3.43. The van der Waals surface area contributed by atoms with Gasteiger partial charge in [-0.1, -0.05) is 12.1 Å². The average molecular weight is 346 g/mol. The summed E-state index contributed by atoms with van der Waals surface area (Å²) in [7, 11) is 0. The minimum absolute atomic E-state index is 0.231. The highest BCUT2D eigenvalue weighted by Gasteiger charge is 2.16. The number of fused-ring (bicyclic) bond motifs is 1. The number of carboxylic acids is 1. The first-order valence-corrected chi connectivity index (χ1v) is 7.16. The van der Waals surface area contributed by atoms with Crippen LogP contribution in [0.4, 0.5) is 0 Å². The van der Waals surface area contributed by atoms with E-state index in [1.54, 1.807) is 18.2 Å². The van der Waals surface area contributed by atoms with Gasteiger partial charge in [0.05, 0.1) is 16.8 Å². The Balaban J connectivity index is 2.37. The van der Waals surface area contributed by atoms with E-state index in [1.807, 2.05) is 26.0 Å². The van der Waals surface area contributed by atoms with E-state index in [4.69, 9.17) is 4.42 Å². The number of benzene rings is 1. The molecule has 0 saturated heterocycles. The van der Waals surface area contributed by atoms with Crippen molar-refractivity contribution in [2.24, 2.45) is 0 Å². The lowest BCUT2D eigenvalue weighted by atomic mass is 10.0. The van der Waals surface area contributed by atoms with Gasteiger partial charge in [-0.2, -0.15) is 0 Å². The van der Waals surface area contributed by atoms with Crippen molar-refractivity contribution in [2.45, 2.75) is 13.8 Å². The molecule has 4 nitrogen and oxygen atoms in total. The minimum Gasteiger partial charge on any atom is -0.478 e. The summed E-state index contributed by atoms with van der Waals surface area (Å²) in [6.07, 6.45) is 0. The van der Waals surface area contributed by atoms with Gasteiger partial charge in [0, 0.05) is 15.4 Å². The van der Waals surface area contributed by atoms with Gasteiger partial charge in [0.2, 0.25) is 0 Å².